The summed E-state index contributed by atoms with van der Waals surface area (Å²) in [5, 5.41) is 4.33. The molecule has 1 N–H and O–H groups in total. The first kappa shape index (κ1) is 21.9. The van der Waals surface area contributed by atoms with Crippen molar-refractivity contribution < 1.29 is 9.47 Å². The van der Waals surface area contributed by atoms with Crippen molar-refractivity contribution in [1.29, 1.82) is 0 Å². The van der Waals surface area contributed by atoms with E-state index >= 15 is 0 Å². The van der Waals surface area contributed by atoms with Gasteiger partial charge in [-0.05, 0) is 86.9 Å². The third-order valence-corrected chi connectivity index (χ3v) is 7.09. The second kappa shape index (κ2) is 9.15. The minimum Gasteiger partial charge on any atom is -0.497 e. The third kappa shape index (κ3) is 4.11. The molecule has 1 aromatic carbocycles. The van der Waals surface area contributed by atoms with Gasteiger partial charge in [-0.2, -0.15) is 0 Å². The van der Waals surface area contributed by atoms with Crippen LogP contribution in [0.5, 0.6) is 5.75 Å². The number of aryl methyl sites for hydroxylation is 1. The summed E-state index contributed by atoms with van der Waals surface area (Å²) in [5.41, 5.74) is 5.75. The maximum atomic E-state index is 5.98. The molecule has 0 aliphatic carbocycles. The zero-order chi connectivity index (χ0) is 22.9. The van der Waals surface area contributed by atoms with Gasteiger partial charge in [0, 0.05) is 36.4 Å². The minimum absolute atomic E-state index is 0.0232. The Morgan fingerprint density at radius 2 is 2.00 bits per heavy atom. The molecule has 3 aromatic rings. The fourth-order valence-electron chi connectivity index (χ4n) is 5.16. The first-order chi connectivity index (χ1) is 16.1. The van der Waals surface area contributed by atoms with Crippen LogP contribution >= 0.6 is 12.2 Å². The maximum Gasteiger partial charge on any atom is 0.170 e. The second-order valence-corrected chi connectivity index (χ2v) is 9.16. The summed E-state index contributed by atoms with van der Waals surface area (Å²) in [6.45, 7) is 5.96. The summed E-state index contributed by atoms with van der Waals surface area (Å²) in [7, 11) is 1.69. The molecule has 5 rings (SSSR count). The number of nitrogens with one attached hydrogen (secondary N) is 1. The van der Waals surface area contributed by atoms with Crippen molar-refractivity contribution in [3.8, 4) is 11.4 Å². The zero-order valence-corrected chi connectivity index (χ0v) is 20.1. The summed E-state index contributed by atoms with van der Waals surface area (Å²) < 4.78 is 13.6. The normalized spacial score (nSPS) is 22.6. The van der Waals surface area contributed by atoms with E-state index in [-0.39, 0.29) is 18.2 Å². The van der Waals surface area contributed by atoms with Gasteiger partial charge in [-0.25, -0.2) is 0 Å². The molecule has 6 nitrogen and oxygen atoms in total. The Balaban J connectivity index is 1.57. The first-order valence-electron chi connectivity index (χ1n) is 11.5. The monoisotopic (exact) mass is 462 g/mol. The molecule has 2 aliphatic heterocycles. The quantitative estimate of drug-likeness (QED) is 0.538. The lowest BCUT2D eigenvalue weighted by Crippen LogP contribution is -2.36. The second-order valence-electron chi connectivity index (χ2n) is 8.77. The Hall–Kier alpha value is -2.90. The van der Waals surface area contributed by atoms with Crippen molar-refractivity contribution in [1.82, 2.24) is 19.8 Å². The van der Waals surface area contributed by atoms with Gasteiger partial charge in [-0.3, -0.25) is 4.98 Å². The lowest BCUT2D eigenvalue weighted by molar-refractivity contribution is 0.0842. The van der Waals surface area contributed by atoms with Gasteiger partial charge >= 0.3 is 0 Å². The molecule has 4 heterocycles. The molecule has 0 unspecified atom stereocenters. The van der Waals surface area contributed by atoms with E-state index in [0.29, 0.717) is 0 Å². The highest BCUT2D eigenvalue weighted by atomic mass is 32.1. The lowest BCUT2D eigenvalue weighted by atomic mass is 9.96. The maximum absolute atomic E-state index is 5.98. The van der Waals surface area contributed by atoms with Gasteiger partial charge in [-0.15, -0.1) is 0 Å². The molecule has 0 bridgehead atoms. The number of methoxy groups -OCH3 is 1. The fraction of sp³-hybridized carbons (Fsp3) is 0.385. The summed E-state index contributed by atoms with van der Waals surface area (Å²) in [5.74, 6) is 0.852. The van der Waals surface area contributed by atoms with E-state index in [1.165, 1.54) is 17.0 Å². The Labute approximate surface area is 200 Å². The highest BCUT2D eigenvalue weighted by Gasteiger charge is 2.42. The number of pyridine rings is 1. The van der Waals surface area contributed by atoms with Crippen LogP contribution in [0.1, 0.15) is 47.6 Å². The van der Waals surface area contributed by atoms with E-state index in [2.05, 4.69) is 57.9 Å². The van der Waals surface area contributed by atoms with Crippen molar-refractivity contribution >= 4 is 17.3 Å². The molecule has 33 heavy (non-hydrogen) atoms. The Bertz CT molecular complexity index is 1120. The predicted octanol–water partition coefficient (Wildman–Crippen LogP) is 4.65. The van der Waals surface area contributed by atoms with Gasteiger partial charge in [0.2, 0.25) is 0 Å². The molecule has 172 valence electrons. The molecule has 2 aromatic heterocycles. The number of hydrogen-bond donors (Lipinski definition) is 1. The number of nitrogens with zero attached hydrogens (tertiary/aromatic N) is 3. The van der Waals surface area contributed by atoms with Crippen LogP contribution in [0, 0.1) is 13.8 Å². The van der Waals surface area contributed by atoms with E-state index in [9.17, 15) is 0 Å². The van der Waals surface area contributed by atoms with Crippen LogP contribution in [0.3, 0.4) is 0 Å². The molecule has 0 spiro atoms. The lowest BCUT2D eigenvalue weighted by Gasteiger charge is -2.30. The molecule has 7 heteroatoms. The minimum atomic E-state index is -0.0232. The van der Waals surface area contributed by atoms with Crippen LogP contribution in [0.25, 0.3) is 5.69 Å². The van der Waals surface area contributed by atoms with E-state index in [1.54, 1.807) is 7.11 Å². The topological polar surface area (TPSA) is 51.5 Å². The van der Waals surface area contributed by atoms with E-state index < -0.39 is 0 Å². The smallest absolute Gasteiger partial charge is 0.170 e. The fourth-order valence-corrected chi connectivity index (χ4v) is 5.48. The molecule has 3 atom stereocenters. The number of thiocarbonyl (C=S) groups is 1. The number of ether oxygens (including phenoxy) is 2. The molecule has 2 aliphatic rings. The van der Waals surface area contributed by atoms with Crippen molar-refractivity contribution in [2.24, 2.45) is 0 Å². The van der Waals surface area contributed by atoms with E-state index in [1.807, 2.05) is 30.5 Å². The average molecular weight is 463 g/mol. The van der Waals surface area contributed by atoms with Crippen molar-refractivity contribution in [3.05, 3.63) is 77.4 Å². The molecule has 2 fully saturated rings. The molecule has 0 amide bonds. The number of aromatic nitrogens is 2. The summed E-state index contributed by atoms with van der Waals surface area (Å²) in [6, 6.07) is 16.6. The van der Waals surface area contributed by atoms with E-state index in [4.69, 9.17) is 21.7 Å². The highest BCUT2D eigenvalue weighted by Crippen LogP contribution is 2.42. The van der Waals surface area contributed by atoms with Gasteiger partial charge in [-0.1, -0.05) is 6.07 Å². The summed E-state index contributed by atoms with van der Waals surface area (Å²) in [4.78, 5) is 6.98. The Morgan fingerprint density at radius 1 is 1.18 bits per heavy atom. The highest BCUT2D eigenvalue weighted by molar-refractivity contribution is 7.80. The molecular formula is C26H30N4O2S. The molecule has 2 saturated heterocycles. The van der Waals surface area contributed by atoms with Crippen LogP contribution in [-0.4, -0.2) is 45.9 Å². The van der Waals surface area contributed by atoms with Gasteiger partial charge in [0.25, 0.3) is 0 Å². The van der Waals surface area contributed by atoms with Crippen molar-refractivity contribution in [3.63, 3.8) is 0 Å². The van der Waals surface area contributed by atoms with Gasteiger partial charge in [0.15, 0.2) is 5.11 Å². The summed E-state index contributed by atoms with van der Waals surface area (Å²) in [6.07, 6.45) is 4.24. The summed E-state index contributed by atoms with van der Waals surface area (Å²) >= 11 is 5.84. The Morgan fingerprint density at radius 3 is 2.67 bits per heavy atom. The van der Waals surface area contributed by atoms with Crippen LogP contribution < -0.4 is 10.1 Å². The van der Waals surface area contributed by atoms with Crippen molar-refractivity contribution in [2.75, 3.05) is 20.3 Å². The molecular weight excluding hydrogens is 432 g/mol. The average Bonchev–Trinajstić information content (AvgIpc) is 3.54. The zero-order valence-electron chi connectivity index (χ0n) is 19.3. The van der Waals surface area contributed by atoms with Crippen LogP contribution in [-0.2, 0) is 4.74 Å². The standard InChI is InChI=1S/C26H30N4O2S/c1-17-15-22(18(2)30(17)19-9-11-20(31-3)12-10-19)25-24(23-8-4-5-13-27-23)28-26(33)29(25)16-21-7-6-14-32-21/h4-5,8-13,15,21,24-25H,6-7,14,16H2,1-3H3,(H,28,33)/t21-,24+,25-/m0/s1. The van der Waals surface area contributed by atoms with Gasteiger partial charge in [0.05, 0.1) is 31.0 Å². The number of benzene rings is 1. The Kier molecular flexibility index (Phi) is 6.08. The largest absolute Gasteiger partial charge is 0.497 e. The first-order valence-corrected chi connectivity index (χ1v) is 11.9. The van der Waals surface area contributed by atoms with Gasteiger partial charge in [0.1, 0.15) is 5.75 Å². The van der Waals surface area contributed by atoms with Crippen LogP contribution in [0.4, 0.5) is 0 Å². The van der Waals surface area contributed by atoms with Crippen molar-refractivity contribution in [2.45, 2.75) is 44.9 Å². The van der Waals surface area contributed by atoms with E-state index in [0.717, 1.165) is 48.2 Å². The van der Waals surface area contributed by atoms with Gasteiger partial charge < -0.3 is 24.3 Å². The van der Waals surface area contributed by atoms with Crippen LogP contribution in [0.15, 0.2) is 54.7 Å². The third-order valence-electron chi connectivity index (χ3n) is 6.74. The number of rotatable bonds is 6. The van der Waals surface area contributed by atoms with Crippen LogP contribution in [0.2, 0.25) is 0 Å². The molecule has 0 saturated carbocycles. The molecule has 0 radical (unpaired) electrons. The SMILES string of the molecule is COc1ccc(-n2c(C)cc([C@H]3[C@@H](c4ccccn4)NC(=S)N3C[C@@H]3CCCO3)c2C)cc1. The number of hydrogen-bond acceptors (Lipinski definition) is 4. The predicted molar refractivity (Wildman–Crippen MR) is 133 cm³/mol.